The quantitative estimate of drug-likeness (QED) is 0.646. The molecule has 3 rings (SSSR count). The van der Waals surface area contributed by atoms with Gasteiger partial charge in [-0.1, -0.05) is 41.4 Å². The van der Waals surface area contributed by atoms with Crippen molar-refractivity contribution in [1.29, 1.82) is 0 Å². The van der Waals surface area contributed by atoms with Crippen LogP contribution in [0.5, 0.6) is 5.75 Å². The third-order valence-electron chi connectivity index (χ3n) is 3.46. The lowest BCUT2D eigenvalue weighted by Crippen LogP contribution is -2.26. The second kappa shape index (κ2) is 7.11. The molecule has 0 unspecified atom stereocenters. The van der Waals surface area contributed by atoms with E-state index < -0.39 is 11.4 Å². The number of aromatic nitrogens is 1. The van der Waals surface area contributed by atoms with Crippen molar-refractivity contribution in [3.8, 4) is 5.75 Å². The van der Waals surface area contributed by atoms with Crippen molar-refractivity contribution >= 4 is 34.1 Å². The molecule has 1 aromatic heterocycles. The predicted molar refractivity (Wildman–Crippen MR) is 93.3 cm³/mol. The van der Waals surface area contributed by atoms with Crippen molar-refractivity contribution < 1.29 is 9.15 Å². The third-order valence-corrected chi connectivity index (χ3v) is 3.96. The molecule has 0 bridgehead atoms. The summed E-state index contributed by atoms with van der Waals surface area (Å²) in [6, 6.07) is 12.3. The number of para-hydroxylation sites is 1. The second-order valence-electron chi connectivity index (χ2n) is 5.11. The Morgan fingerprint density at radius 2 is 1.83 bits per heavy atom. The summed E-state index contributed by atoms with van der Waals surface area (Å²) in [5, 5.41) is 0.708. The fourth-order valence-corrected chi connectivity index (χ4v) is 3.00. The van der Waals surface area contributed by atoms with Crippen molar-refractivity contribution in [3.63, 3.8) is 0 Å². The highest BCUT2D eigenvalue weighted by Gasteiger charge is 2.13. The van der Waals surface area contributed by atoms with Crippen LogP contribution in [0.3, 0.4) is 0 Å². The van der Waals surface area contributed by atoms with Crippen LogP contribution in [0.4, 0.5) is 0 Å². The number of ether oxygens (including phenoxy) is 1. The molecule has 1 heterocycles. The Labute approximate surface area is 147 Å². The van der Waals surface area contributed by atoms with Gasteiger partial charge in [-0.15, -0.1) is 0 Å². The van der Waals surface area contributed by atoms with Gasteiger partial charge in [-0.2, -0.15) is 0 Å². The molecule has 0 aliphatic heterocycles. The molecule has 0 fully saturated rings. The first-order valence-electron chi connectivity index (χ1n) is 7.27. The smallest absolute Gasteiger partial charge is 0.422 e. The molecule has 7 heteroatoms. The first kappa shape index (κ1) is 16.6. The van der Waals surface area contributed by atoms with Gasteiger partial charge >= 0.3 is 11.4 Å². The molecule has 5 nitrogen and oxygen atoms in total. The van der Waals surface area contributed by atoms with Gasteiger partial charge in [-0.05, 0) is 30.7 Å². The maximum absolute atomic E-state index is 12.0. The average Bonchev–Trinajstić information content (AvgIpc) is 2.55. The molecule has 0 amide bonds. The largest absolute Gasteiger partial charge is 0.494 e. The van der Waals surface area contributed by atoms with E-state index in [1.165, 1.54) is 16.7 Å². The van der Waals surface area contributed by atoms with E-state index in [2.05, 4.69) is 0 Å². The number of aryl methyl sites for hydroxylation is 1. The molecule has 3 aromatic rings. The van der Waals surface area contributed by atoms with Crippen molar-refractivity contribution in [2.45, 2.75) is 13.0 Å². The van der Waals surface area contributed by atoms with E-state index in [1.807, 2.05) is 30.3 Å². The van der Waals surface area contributed by atoms with Gasteiger partial charge in [0.05, 0.1) is 22.5 Å². The third kappa shape index (κ3) is 3.47. The van der Waals surface area contributed by atoms with Gasteiger partial charge in [0, 0.05) is 11.6 Å². The Morgan fingerprint density at radius 3 is 2.58 bits per heavy atom. The van der Waals surface area contributed by atoms with Gasteiger partial charge in [0.15, 0.2) is 0 Å². The van der Waals surface area contributed by atoms with Crippen LogP contribution in [0.25, 0.3) is 10.9 Å². The van der Waals surface area contributed by atoms with E-state index in [-0.39, 0.29) is 10.4 Å². The van der Waals surface area contributed by atoms with Gasteiger partial charge in [0.2, 0.25) is 0 Å². The monoisotopic (exact) mass is 365 g/mol. The summed E-state index contributed by atoms with van der Waals surface area (Å²) in [5.74, 6) is -0.00412. The summed E-state index contributed by atoms with van der Waals surface area (Å²) in [6.07, 6.45) is 0.538. The molecule has 0 atom stereocenters. The van der Waals surface area contributed by atoms with Crippen molar-refractivity contribution in [3.05, 3.63) is 73.5 Å². The predicted octanol–water partition coefficient (Wildman–Crippen LogP) is 3.73. The molecule has 0 saturated heterocycles. The highest BCUT2D eigenvalue weighted by Crippen LogP contribution is 2.25. The van der Waals surface area contributed by atoms with Gasteiger partial charge in [-0.25, -0.2) is 9.59 Å². The van der Waals surface area contributed by atoms with Crippen LogP contribution in [0.2, 0.25) is 10.0 Å². The highest BCUT2D eigenvalue weighted by atomic mass is 35.5. The van der Waals surface area contributed by atoms with Crippen LogP contribution in [-0.4, -0.2) is 11.2 Å². The molecular weight excluding hydrogens is 353 g/mol. The number of nitrogens with zero attached hydrogens (tertiary/aromatic N) is 1. The van der Waals surface area contributed by atoms with Crippen LogP contribution in [0.1, 0.15) is 6.42 Å². The molecule has 0 N–H and O–H groups in total. The fourth-order valence-electron chi connectivity index (χ4n) is 2.41. The first-order chi connectivity index (χ1) is 11.6. The lowest BCUT2D eigenvalue weighted by Gasteiger charge is -2.11. The van der Waals surface area contributed by atoms with E-state index >= 15 is 0 Å². The lowest BCUT2D eigenvalue weighted by molar-refractivity contribution is 0.296. The number of benzene rings is 2. The summed E-state index contributed by atoms with van der Waals surface area (Å²) >= 11 is 12.1. The molecular formula is C17H13Cl2NO4. The molecule has 0 aliphatic rings. The van der Waals surface area contributed by atoms with E-state index in [4.69, 9.17) is 32.4 Å². The van der Waals surface area contributed by atoms with Crippen LogP contribution in [0, 0.1) is 0 Å². The average molecular weight is 366 g/mol. The summed E-state index contributed by atoms with van der Waals surface area (Å²) < 4.78 is 11.7. The minimum atomic E-state index is -0.754. The van der Waals surface area contributed by atoms with E-state index in [0.29, 0.717) is 30.1 Å². The van der Waals surface area contributed by atoms with Gasteiger partial charge < -0.3 is 9.15 Å². The molecule has 0 aliphatic carbocycles. The fraction of sp³-hybridized carbons (Fsp3) is 0.176. The Balaban J connectivity index is 1.84. The number of fused-ring (bicyclic) bond motifs is 1. The summed E-state index contributed by atoms with van der Waals surface area (Å²) in [4.78, 5) is 23.9. The molecule has 0 radical (unpaired) electrons. The van der Waals surface area contributed by atoms with E-state index in [1.54, 1.807) is 0 Å². The highest BCUT2D eigenvalue weighted by molar-refractivity contribution is 6.38. The summed E-state index contributed by atoms with van der Waals surface area (Å²) in [5.41, 5.74) is -0.432. The van der Waals surface area contributed by atoms with E-state index in [9.17, 15) is 9.59 Å². The number of hydrogen-bond donors (Lipinski definition) is 0. The topological polar surface area (TPSA) is 61.4 Å². The second-order valence-corrected chi connectivity index (χ2v) is 5.95. The minimum Gasteiger partial charge on any atom is -0.494 e. The van der Waals surface area contributed by atoms with Crippen LogP contribution < -0.4 is 16.1 Å². The van der Waals surface area contributed by atoms with Crippen molar-refractivity contribution in [2.75, 3.05) is 6.61 Å². The SMILES string of the molecule is O=c1oc(=O)n(CCCOc2ccccc2)c2c(Cl)cc(Cl)cc12. The van der Waals surface area contributed by atoms with Crippen molar-refractivity contribution in [1.82, 2.24) is 4.57 Å². The standard InChI is InChI=1S/C17H13Cl2NO4/c18-11-9-13-15(14(19)10-11)20(17(22)24-16(13)21)7-4-8-23-12-5-2-1-3-6-12/h1-3,5-6,9-10H,4,7-8H2. The number of hydrogen-bond acceptors (Lipinski definition) is 4. The number of rotatable bonds is 5. The van der Waals surface area contributed by atoms with Crippen LogP contribution in [0.15, 0.2) is 56.5 Å². The molecule has 2 aromatic carbocycles. The maximum Gasteiger partial charge on any atom is 0.422 e. The van der Waals surface area contributed by atoms with Gasteiger partial charge in [0.25, 0.3) is 0 Å². The van der Waals surface area contributed by atoms with Gasteiger partial charge in [-0.3, -0.25) is 4.57 Å². The minimum absolute atomic E-state index is 0.177. The first-order valence-corrected chi connectivity index (χ1v) is 8.02. The van der Waals surface area contributed by atoms with E-state index in [0.717, 1.165) is 5.75 Å². The Hall–Kier alpha value is -2.24. The summed E-state index contributed by atoms with van der Waals surface area (Å²) in [6.45, 7) is 0.704. The zero-order valence-electron chi connectivity index (χ0n) is 12.5. The zero-order chi connectivity index (χ0) is 17.1. The Bertz CT molecular complexity index is 980. The summed E-state index contributed by atoms with van der Waals surface area (Å²) in [7, 11) is 0. The molecule has 0 saturated carbocycles. The number of halogens is 2. The molecule has 0 spiro atoms. The Kier molecular flexibility index (Phi) is 4.92. The normalized spacial score (nSPS) is 10.9. The Morgan fingerprint density at radius 1 is 1.08 bits per heavy atom. The van der Waals surface area contributed by atoms with Crippen LogP contribution >= 0.6 is 23.2 Å². The maximum atomic E-state index is 12.0. The molecule has 124 valence electrons. The van der Waals surface area contributed by atoms with Gasteiger partial charge in [0.1, 0.15) is 5.75 Å². The molecule has 24 heavy (non-hydrogen) atoms. The van der Waals surface area contributed by atoms with Crippen molar-refractivity contribution in [2.24, 2.45) is 0 Å². The lowest BCUT2D eigenvalue weighted by atomic mass is 10.2. The zero-order valence-corrected chi connectivity index (χ0v) is 14.0. The van der Waals surface area contributed by atoms with Crippen LogP contribution in [-0.2, 0) is 6.54 Å².